The fourth-order valence-electron chi connectivity index (χ4n) is 3.22. The normalized spacial score (nSPS) is 11.0. The first-order valence-electron chi connectivity index (χ1n) is 9.38. The first-order chi connectivity index (χ1) is 14.7. The van der Waals surface area contributed by atoms with E-state index in [2.05, 4.69) is 15.3 Å². The third-order valence-corrected chi connectivity index (χ3v) is 5.02. The summed E-state index contributed by atoms with van der Waals surface area (Å²) in [5, 5.41) is 3.50. The van der Waals surface area contributed by atoms with Crippen LogP contribution in [0.1, 0.15) is 10.6 Å². The van der Waals surface area contributed by atoms with Crippen LogP contribution in [0.25, 0.3) is 33.7 Å². The Balaban J connectivity index is 1.31. The van der Waals surface area contributed by atoms with Gasteiger partial charge in [-0.2, -0.15) is 0 Å². The second-order valence-electron chi connectivity index (χ2n) is 6.80. The highest BCUT2D eigenvalue weighted by atomic mass is 35.5. The molecule has 0 aliphatic carbocycles. The van der Waals surface area contributed by atoms with E-state index in [1.807, 2.05) is 60.7 Å². The zero-order valence-electron chi connectivity index (χ0n) is 15.7. The van der Waals surface area contributed by atoms with Gasteiger partial charge in [-0.05, 0) is 72.8 Å². The number of aromatic nitrogens is 2. The number of fused-ring (bicyclic) bond motifs is 1. The smallest absolute Gasteiger partial charge is 0.291 e. The van der Waals surface area contributed by atoms with Crippen LogP contribution in [0.4, 0.5) is 5.69 Å². The molecule has 0 aliphatic rings. The predicted octanol–water partition coefficient (Wildman–Crippen LogP) is 6.40. The van der Waals surface area contributed by atoms with Crippen molar-refractivity contribution in [3.8, 4) is 22.7 Å². The molecule has 0 bridgehead atoms. The Morgan fingerprint density at radius 2 is 1.60 bits per heavy atom. The fraction of sp³-hybridized carbons (Fsp3) is 0. The average Bonchev–Trinajstić information content (AvgIpc) is 3.42. The molecule has 0 unspecified atom stereocenters. The molecule has 1 amide bonds. The number of imidazole rings is 1. The zero-order valence-corrected chi connectivity index (χ0v) is 16.5. The molecule has 146 valence electrons. The summed E-state index contributed by atoms with van der Waals surface area (Å²) in [6.07, 6.45) is 0. The van der Waals surface area contributed by atoms with E-state index >= 15 is 0 Å². The predicted molar refractivity (Wildman–Crippen MR) is 119 cm³/mol. The summed E-state index contributed by atoms with van der Waals surface area (Å²) in [7, 11) is 0. The Morgan fingerprint density at radius 1 is 0.867 bits per heavy atom. The van der Waals surface area contributed by atoms with Crippen molar-refractivity contribution in [1.29, 1.82) is 0 Å². The van der Waals surface area contributed by atoms with E-state index < -0.39 is 0 Å². The maximum absolute atomic E-state index is 12.5. The first kappa shape index (κ1) is 18.2. The molecule has 0 spiro atoms. The van der Waals surface area contributed by atoms with Crippen molar-refractivity contribution in [2.24, 2.45) is 0 Å². The second kappa shape index (κ2) is 7.54. The van der Waals surface area contributed by atoms with E-state index in [0.29, 0.717) is 16.5 Å². The Hall–Kier alpha value is -3.83. The van der Waals surface area contributed by atoms with Crippen LogP contribution in [-0.2, 0) is 0 Å². The molecule has 0 fully saturated rings. The number of nitrogens with zero attached hydrogens (tertiary/aromatic N) is 1. The number of benzene rings is 3. The number of nitrogens with one attached hydrogen (secondary N) is 2. The number of amides is 1. The van der Waals surface area contributed by atoms with E-state index in [9.17, 15) is 4.79 Å². The monoisotopic (exact) mass is 413 g/mol. The summed E-state index contributed by atoms with van der Waals surface area (Å²) >= 11 is 5.92. The number of hydrogen-bond donors (Lipinski definition) is 2. The third kappa shape index (κ3) is 3.58. The maximum Gasteiger partial charge on any atom is 0.291 e. The van der Waals surface area contributed by atoms with E-state index in [1.165, 1.54) is 0 Å². The summed E-state index contributed by atoms with van der Waals surface area (Å²) in [5.41, 5.74) is 4.36. The Bertz CT molecular complexity index is 1300. The summed E-state index contributed by atoms with van der Waals surface area (Å²) in [6.45, 7) is 0. The number of carbonyl (C=O) groups is 1. The SMILES string of the molecule is O=C(Nc1ccc(-c2nc3ccccc3[nH]2)cc1)c1ccc(-c2ccc(Cl)cc2)o1. The van der Waals surface area contributed by atoms with Crippen molar-refractivity contribution >= 4 is 34.2 Å². The number of furan rings is 1. The van der Waals surface area contributed by atoms with Gasteiger partial charge in [-0.15, -0.1) is 0 Å². The second-order valence-corrected chi connectivity index (χ2v) is 7.24. The summed E-state index contributed by atoms with van der Waals surface area (Å²) in [5.74, 6) is 1.32. The zero-order chi connectivity index (χ0) is 20.5. The molecule has 0 saturated heterocycles. The molecule has 3 aromatic carbocycles. The molecule has 30 heavy (non-hydrogen) atoms. The van der Waals surface area contributed by atoms with Crippen molar-refractivity contribution in [2.45, 2.75) is 0 Å². The lowest BCUT2D eigenvalue weighted by Gasteiger charge is -2.04. The van der Waals surface area contributed by atoms with Crippen molar-refractivity contribution in [3.05, 3.63) is 95.7 Å². The van der Waals surface area contributed by atoms with Gasteiger partial charge in [0.1, 0.15) is 11.6 Å². The van der Waals surface area contributed by atoms with Crippen LogP contribution in [0.5, 0.6) is 0 Å². The number of anilines is 1. The van der Waals surface area contributed by atoms with Gasteiger partial charge in [0.15, 0.2) is 5.76 Å². The van der Waals surface area contributed by atoms with Crippen LogP contribution in [0.2, 0.25) is 5.02 Å². The van der Waals surface area contributed by atoms with Gasteiger partial charge in [0.05, 0.1) is 11.0 Å². The van der Waals surface area contributed by atoms with Gasteiger partial charge in [0, 0.05) is 21.8 Å². The molecule has 5 aromatic rings. The molecule has 6 heteroatoms. The van der Waals surface area contributed by atoms with Gasteiger partial charge < -0.3 is 14.7 Å². The molecule has 2 heterocycles. The van der Waals surface area contributed by atoms with Gasteiger partial charge in [-0.1, -0.05) is 23.7 Å². The Labute approximate surface area is 177 Å². The van der Waals surface area contributed by atoms with Crippen LogP contribution in [0.3, 0.4) is 0 Å². The van der Waals surface area contributed by atoms with E-state index in [4.69, 9.17) is 16.0 Å². The standard InChI is InChI=1S/C24H16ClN3O2/c25-17-9-5-15(6-10-17)21-13-14-22(30-21)24(29)26-18-11-7-16(8-12-18)23-27-19-3-1-2-4-20(19)28-23/h1-14H,(H,26,29)(H,27,28). The first-order valence-corrected chi connectivity index (χ1v) is 9.76. The number of halogens is 1. The minimum absolute atomic E-state index is 0.237. The third-order valence-electron chi connectivity index (χ3n) is 4.76. The van der Waals surface area contributed by atoms with Gasteiger partial charge in [0.25, 0.3) is 5.91 Å². The van der Waals surface area contributed by atoms with E-state index in [0.717, 1.165) is 28.0 Å². The number of aromatic amines is 1. The lowest BCUT2D eigenvalue weighted by molar-refractivity contribution is 0.0997. The van der Waals surface area contributed by atoms with Crippen molar-refractivity contribution in [2.75, 3.05) is 5.32 Å². The van der Waals surface area contributed by atoms with Crippen LogP contribution < -0.4 is 5.32 Å². The Morgan fingerprint density at radius 3 is 2.37 bits per heavy atom. The van der Waals surface area contributed by atoms with Gasteiger partial charge in [0.2, 0.25) is 0 Å². The molecule has 0 atom stereocenters. The number of hydrogen-bond acceptors (Lipinski definition) is 3. The minimum atomic E-state index is -0.313. The van der Waals surface area contributed by atoms with E-state index in [1.54, 1.807) is 24.3 Å². The molecule has 5 rings (SSSR count). The van der Waals surface area contributed by atoms with Crippen LogP contribution in [-0.4, -0.2) is 15.9 Å². The van der Waals surface area contributed by atoms with Crippen molar-refractivity contribution in [3.63, 3.8) is 0 Å². The average molecular weight is 414 g/mol. The Kier molecular flexibility index (Phi) is 4.58. The largest absolute Gasteiger partial charge is 0.451 e. The van der Waals surface area contributed by atoms with Gasteiger partial charge in [-0.25, -0.2) is 4.98 Å². The number of para-hydroxylation sites is 2. The number of H-pyrrole nitrogens is 1. The highest BCUT2D eigenvalue weighted by Gasteiger charge is 2.13. The molecule has 2 N–H and O–H groups in total. The lowest BCUT2D eigenvalue weighted by Crippen LogP contribution is -2.10. The summed E-state index contributed by atoms with van der Waals surface area (Å²) in [6, 6.07) is 26.0. The molecular weight excluding hydrogens is 398 g/mol. The van der Waals surface area contributed by atoms with Crippen molar-refractivity contribution < 1.29 is 9.21 Å². The van der Waals surface area contributed by atoms with Gasteiger partial charge in [-0.3, -0.25) is 4.79 Å². The summed E-state index contributed by atoms with van der Waals surface area (Å²) in [4.78, 5) is 20.4. The van der Waals surface area contributed by atoms with Crippen LogP contribution >= 0.6 is 11.6 Å². The quantitative estimate of drug-likeness (QED) is 0.358. The lowest BCUT2D eigenvalue weighted by atomic mass is 10.2. The molecule has 0 saturated carbocycles. The molecule has 2 aromatic heterocycles. The number of carbonyl (C=O) groups excluding carboxylic acids is 1. The van der Waals surface area contributed by atoms with Crippen molar-refractivity contribution in [1.82, 2.24) is 9.97 Å². The molecule has 0 radical (unpaired) electrons. The fourth-order valence-corrected chi connectivity index (χ4v) is 3.35. The van der Waals surface area contributed by atoms with Crippen LogP contribution in [0.15, 0.2) is 89.3 Å². The van der Waals surface area contributed by atoms with Crippen LogP contribution in [0, 0.1) is 0 Å². The topological polar surface area (TPSA) is 70.9 Å². The number of rotatable bonds is 4. The maximum atomic E-state index is 12.5. The summed E-state index contributed by atoms with van der Waals surface area (Å²) < 4.78 is 5.70. The van der Waals surface area contributed by atoms with Gasteiger partial charge >= 0.3 is 0 Å². The minimum Gasteiger partial charge on any atom is -0.451 e. The molecular formula is C24H16ClN3O2. The highest BCUT2D eigenvalue weighted by molar-refractivity contribution is 6.30. The molecule has 0 aliphatic heterocycles. The highest BCUT2D eigenvalue weighted by Crippen LogP contribution is 2.25. The van der Waals surface area contributed by atoms with E-state index in [-0.39, 0.29) is 11.7 Å². The molecule has 5 nitrogen and oxygen atoms in total.